The largest absolute Gasteiger partial charge is 0.399 e. The fourth-order valence-electron chi connectivity index (χ4n) is 1.83. The van der Waals surface area contributed by atoms with Gasteiger partial charge in [0.05, 0.1) is 4.90 Å². The summed E-state index contributed by atoms with van der Waals surface area (Å²) in [7, 11) is 0. The first-order chi connectivity index (χ1) is 10.0. The molecular weight excluding hydrogens is 288 g/mol. The first-order valence-corrected chi connectivity index (χ1v) is 7.16. The lowest BCUT2D eigenvalue weighted by molar-refractivity contribution is -0.113. The molecule has 0 aliphatic rings. The lowest BCUT2D eigenvalue weighted by Crippen LogP contribution is -2.23. The number of rotatable bonds is 4. The molecular formula is C15H14N2O3S. The van der Waals surface area contributed by atoms with Gasteiger partial charge in [-0.1, -0.05) is 6.58 Å². The quantitative estimate of drug-likeness (QED) is 0.517. The van der Waals surface area contributed by atoms with E-state index in [0.717, 1.165) is 0 Å². The zero-order valence-corrected chi connectivity index (χ0v) is 11.9. The normalized spacial score (nSPS) is 11.7. The van der Waals surface area contributed by atoms with Crippen molar-refractivity contribution in [3.05, 3.63) is 61.2 Å². The summed E-state index contributed by atoms with van der Waals surface area (Å²) in [6.07, 6.45) is 1.20. The van der Waals surface area contributed by atoms with Gasteiger partial charge in [0.25, 0.3) is 5.91 Å². The van der Waals surface area contributed by atoms with Crippen LogP contribution in [-0.2, 0) is 15.9 Å². The average Bonchev–Trinajstić information content (AvgIpc) is 2.49. The molecule has 1 atom stereocenters. The summed E-state index contributed by atoms with van der Waals surface area (Å²) in [6.45, 7) is 3.49. The van der Waals surface area contributed by atoms with E-state index in [0.29, 0.717) is 17.1 Å². The molecule has 0 saturated heterocycles. The highest BCUT2D eigenvalue weighted by molar-refractivity contribution is 7.79. The molecule has 1 amide bonds. The van der Waals surface area contributed by atoms with E-state index in [-0.39, 0.29) is 10.8 Å². The number of carbonyl (C=O) groups is 1. The Morgan fingerprint density at radius 2 is 1.57 bits per heavy atom. The molecule has 108 valence electrons. The van der Waals surface area contributed by atoms with Crippen LogP contribution in [0.1, 0.15) is 0 Å². The minimum atomic E-state index is -2.05. The Balaban J connectivity index is 2.45. The Hall–Kier alpha value is -2.44. The smallest absolute Gasteiger partial charge is 0.254 e. The SMILES string of the molecule is C=CC(=O)N(c1ccc(N)cc1)c1ccc(S(=O)O)cc1. The Bertz CT molecular complexity index is 681. The van der Waals surface area contributed by atoms with Gasteiger partial charge in [0.2, 0.25) is 0 Å². The maximum atomic E-state index is 12.1. The number of nitrogens with zero attached hydrogens (tertiary/aromatic N) is 1. The second kappa shape index (κ2) is 6.34. The van der Waals surface area contributed by atoms with Crippen LogP contribution >= 0.6 is 0 Å². The van der Waals surface area contributed by atoms with E-state index in [9.17, 15) is 9.00 Å². The van der Waals surface area contributed by atoms with Crippen molar-refractivity contribution in [1.82, 2.24) is 0 Å². The first-order valence-electron chi connectivity index (χ1n) is 6.06. The third kappa shape index (κ3) is 3.36. The molecule has 21 heavy (non-hydrogen) atoms. The van der Waals surface area contributed by atoms with Crippen LogP contribution in [0.4, 0.5) is 17.1 Å². The van der Waals surface area contributed by atoms with Gasteiger partial charge < -0.3 is 10.3 Å². The summed E-state index contributed by atoms with van der Waals surface area (Å²) in [5.41, 5.74) is 7.44. The maximum Gasteiger partial charge on any atom is 0.254 e. The minimum Gasteiger partial charge on any atom is -0.399 e. The third-order valence-electron chi connectivity index (χ3n) is 2.84. The highest BCUT2D eigenvalue weighted by Crippen LogP contribution is 2.27. The van der Waals surface area contributed by atoms with Crippen molar-refractivity contribution in [2.45, 2.75) is 4.90 Å². The van der Waals surface area contributed by atoms with Crippen LogP contribution in [0.2, 0.25) is 0 Å². The van der Waals surface area contributed by atoms with Crippen molar-refractivity contribution in [3.63, 3.8) is 0 Å². The van der Waals surface area contributed by atoms with Crippen LogP contribution < -0.4 is 10.6 Å². The number of hydrogen-bond acceptors (Lipinski definition) is 3. The summed E-state index contributed by atoms with van der Waals surface area (Å²) in [5.74, 6) is -0.308. The highest BCUT2D eigenvalue weighted by Gasteiger charge is 2.15. The molecule has 5 nitrogen and oxygen atoms in total. The summed E-state index contributed by atoms with van der Waals surface area (Å²) in [6, 6.07) is 13.0. The van der Waals surface area contributed by atoms with Gasteiger partial charge in [-0.15, -0.1) is 0 Å². The lowest BCUT2D eigenvalue weighted by atomic mass is 10.2. The van der Waals surface area contributed by atoms with Crippen molar-refractivity contribution in [1.29, 1.82) is 0 Å². The lowest BCUT2D eigenvalue weighted by Gasteiger charge is -2.21. The Labute approximate surface area is 125 Å². The zero-order chi connectivity index (χ0) is 15.4. The zero-order valence-electron chi connectivity index (χ0n) is 11.1. The molecule has 2 rings (SSSR count). The van der Waals surface area contributed by atoms with Gasteiger partial charge >= 0.3 is 0 Å². The molecule has 3 N–H and O–H groups in total. The van der Waals surface area contributed by atoms with Gasteiger partial charge in [-0.2, -0.15) is 0 Å². The summed E-state index contributed by atoms with van der Waals surface area (Å²) < 4.78 is 20.0. The predicted molar refractivity (Wildman–Crippen MR) is 83.7 cm³/mol. The molecule has 0 spiro atoms. The van der Waals surface area contributed by atoms with Crippen LogP contribution in [0.5, 0.6) is 0 Å². The first kappa shape index (κ1) is 15.0. The number of carbonyl (C=O) groups excluding carboxylic acids is 1. The van der Waals surface area contributed by atoms with Crippen LogP contribution in [0.25, 0.3) is 0 Å². The summed E-state index contributed by atoms with van der Waals surface area (Å²) in [4.78, 5) is 13.8. The van der Waals surface area contributed by atoms with Gasteiger partial charge in [0, 0.05) is 17.1 Å². The fourth-order valence-corrected chi connectivity index (χ4v) is 2.20. The van der Waals surface area contributed by atoms with Crippen molar-refractivity contribution >= 4 is 34.0 Å². The van der Waals surface area contributed by atoms with E-state index in [4.69, 9.17) is 10.3 Å². The number of hydrogen-bond donors (Lipinski definition) is 2. The summed E-state index contributed by atoms with van der Waals surface area (Å²) >= 11 is -2.05. The second-order valence-electron chi connectivity index (χ2n) is 4.21. The Morgan fingerprint density at radius 3 is 2.00 bits per heavy atom. The molecule has 0 heterocycles. The average molecular weight is 302 g/mol. The van der Waals surface area contributed by atoms with E-state index in [2.05, 4.69) is 6.58 Å². The minimum absolute atomic E-state index is 0.266. The topological polar surface area (TPSA) is 83.6 Å². The molecule has 0 aliphatic heterocycles. The van der Waals surface area contributed by atoms with E-state index < -0.39 is 11.1 Å². The number of nitrogens with two attached hydrogens (primary N) is 1. The van der Waals surface area contributed by atoms with E-state index in [1.165, 1.54) is 23.1 Å². The Morgan fingerprint density at radius 1 is 1.10 bits per heavy atom. The molecule has 0 fully saturated rings. The van der Waals surface area contributed by atoms with Crippen molar-refractivity contribution in [2.24, 2.45) is 0 Å². The molecule has 0 radical (unpaired) electrons. The standard InChI is InChI=1S/C15H14N2O3S/c1-2-15(18)17(12-5-3-11(16)4-6-12)13-7-9-14(10-8-13)21(19)20/h2-10H,1,16H2,(H,19,20). The van der Waals surface area contributed by atoms with Gasteiger partial charge in [-0.25, -0.2) is 4.21 Å². The third-order valence-corrected chi connectivity index (χ3v) is 3.52. The van der Waals surface area contributed by atoms with E-state index in [1.54, 1.807) is 36.4 Å². The molecule has 0 saturated carbocycles. The van der Waals surface area contributed by atoms with Gasteiger partial charge in [-0.05, 0) is 54.6 Å². The number of amides is 1. The monoisotopic (exact) mass is 302 g/mol. The van der Waals surface area contributed by atoms with Gasteiger partial charge in [-0.3, -0.25) is 9.69 Å². The van der Waals surface area contributed by atoms with Gasteiger partial charge in [0.15, 0.2) is 11.1 Å². The van der Waals surface area contributed by atoms with E-state index >= 15 is 0 Å². The highest BCUT2D eigenvalue weighted by atomic mass is 32.2. The van der Waals surface area contributed by atoms with Gasteiger partial charge in [0.1, 0.15) is 0 Å². The van der Waals surface area contributed by atoms with Crippen LogP contribution in [-0.4, -0.2) is 14.7 Å². The molecule has 1 unspecified atom stereocenters. The Kier molecular flexibility index (Phi) is 4.52. The molecule has 2 aromatic carbocycles. The number of anilines is 3. The molecule has 0 aromatic heterocycles. The van der Waals surface area contributed by atoms with E-state index in [1.807, 2.05) is 0 Å². The molecule has 0 bridgehead atoms. The maximum absolute atomic E-state index is 12.1. The number of nitrogen functional groups attached to an aromatic ring is 1. The van der Waals surface area contributed by atoms with Crippen LogP contribution in [0.15, 0.2) is 66.1 Å². The second-order valence-corrected chi connectivity index (χ2v) is 5.18. The molecule has 6 heteroatoms. The fraction of sp³-hybridized carbons (Fsp3) is 0. The molecule has 0 aliphatic carbocycles. The predicted octanol–water partition coefficient (Wildman–Crippen LogP) is 2.70. The van der Waals surface area contributed by atoms with Crippen molar-refractivity contribution < 1.29 is 13.6 Å². The van der Waals surface area contributed by atoms with Crippen LogP contribution in [0.3, 0.4) is 0 Å². The van der Waals surface area contributed by atoms with Crippen molar-refractivity contribution in [3.8, 4) is 0 Å². The van der Waals surface area contributed by atoms with Crippen LogP contribution in [0, 0.1) is 0 Å². The molecule has 2 aromatic rings. The number of benzene rings is 2. The van der Waals surface area contributed by atoms with Crippen molar-refractivity contribution in [2.75, 3.05) is 10.6 Å². The summed E-state index contributed by atoms with van der Waals surface area (Å²) in [5, 5.41) is 0.